The SMILES string of the molecule is CCc1nnc(NC2CCCCCC2)nc1CC. The van der Waals surface area contributed by atoms with Crippen molar-refractivity contribution in [3.8, 4) is 0 Å². The number of nitrogens with zero attached hydrogens (tertiary/aromatic N) is 3. The van der Waals surface area contributed by atoms with Gasteiger partial charge in [0, 0.05) is 6.04 Å². The third kappa shape index (κ3) is 3.40. The Morgan fingerprint density at radius 3 is 2.22 bits per heavy atom. The smallest absolute Gasteiger partial charge is 0.243 e. The van der Waals surface area contributed by atoms with E-state index in [2.05, 4.69) is 34.3 Å². The van der Waals surface area contributed by atoms with Crippen LogP contribution in [-0.4, -0.2) is 21.2 Å². The molecule has 100 valence electrons. The van der Waals surface area contributed by atoms with Crippen LogP contribution in [0.2, 0.25) is 0 Å². The second kappa shape index (κ2) is 6.66. The van der Waals surface area contributed by atoms with Crippen molar-refractivity contribution < 1.29 is 0 Å². The van der Waals surface area contributed by atoms with E-state index < -0.39 is 0 Å². The molecule has 0 saturated heterocycles. The molecule has 1 aliphatic rings. The van der Waals surface area contributed by atoms with E-state index in [1.54, 1.807) is 0 Å². The molecule has 1 N–H and O–H groups in total. The minimum absolute atomic E-state index is 0.534. The maximum atomic E-state index is 4.60. The van der Waals surface area contributed by atoms with Gasteiger partial charge in [-0.2, -0.15) is 5.10 Å². The Labute approximate surface area is 110 Å². The summed E-state index contributed by atoms with van der Waals surface area (Å²) in [6.45, 7) is 4.22. The predicted molar refractivity (Wildman–Crippen MR) is 73.7 cm³/mol. The zero-order valence-corrected chi connectivity index (χ0v) is 11.6. The van der Waals surface area contributed by atoms with Crippen LogP contribution in [0.15, 0.2) is 0 Å². The normalized spacial score (nSPS) is 17.4. The molecule has 18 heavy (non-hydrogen) atoms. The highest BCUT2D eigenvalue weighted by atomic mass is 15.2. The van der Waals surface area contributed by atoms with Gasteiger partial charge in [0.25, 0.3) is 0 Å². The number of aromatic nitrogens is 3. The minimum Gasteiger partial charge on any atom is -0.350 e. The molecule has 2 rings (SSSR count). The molecular weight excluding hydrogens is 224 g/mol. The quantitative estimate of drug-likeness (QED) is 0.832. The fourth-order valence-electron chi connectivity index (χ4n) is 2.61. The number of nitrogens with one attached hydrogen (secondary N) is 1. The van der Waals surface area contributed by atoms with Gasteiger partial charge in [-0.3, -0.25) is 0 Å². The molecule has 0 amide bonds. The van der Waals surface area contributed by atoms with E-state index in [1.807, 2.05) is 0 Å². The Morgan fingerprint density at radius 1 is 0.944 bits per heavy atom. The Bertz CT molecular complexity index is 370. The lowest BCUT2D eigenvalue weighted by Gasteiger charge is -2.16. The van der Waals surface area contributed by atoms with Gasteiger partial charge in [-0.15, -0.1) is 5.10 Å². The van der Waals surface area contributed by atoms with Crippen LogP contribution in [0.25, 0.3) is 0 Å². The van der Waals surface area contributed by atoms with Crippen molar-refractivity contribution in [3.63, 3.8) is 0 Å². The van der Waals surface area contributed by atoms with E-state index in [0.717, 1.165) is 30.2 Å². The first-order valence-electron chi connectivity index (χ1n) is 7.32. The first-order valence-corrected chi connectivity index (χ1v) is 7.32. The van der Waals surface area contributed by atoms with Gasteiger partial charge in [0.15, 0.2) is 0 Å². The number of anilines is 1. The largest absolute Gasteiger partial charge is 0.350 e. The minimum atomic E-state index is 0.534. The van der Waals surface area contributed by atoms with Gasteiger partial charge in [0.2, 0.25) is 5.95 Å². The highest BCUT2D eigenvalue weighted by Crippen LogP contribution is 2.19. The lowest BCUT2D eigenvalue weighted by Crippen LogP contribution is -2.21. The van der Waals surface area contributed by atoms with Crippen LogP contribution in [0.5, 0.6) is 0 Å². The van der Waals surface area contributed by atoms with Crippen molar-refractivity contribution in [1.82, 2.24) is 15.2 Å². The van der Waals surface area contributed by atoms with Gasteiger partial charge in [0.05, 0.1) is 11.4 Å². The summed E-state index contributed by atoms with van der Waals surface area (Å²) in [6, 6.07) is 0.534. The van der Waals surface area contributed by atoms with Crippen LogP contribution in [0.3, 0.4) is 0 Å². The molecule has 0 spiro atoms. The molecule has 1 saturated carbocycles. The van der Waals surface area contributed by atoms with E-state index in [0.29, 0.717) is 6.04 Å². The number of rotatable bonds is 4. The molecule has 4 nitrogen and oxygen atoms in total. The van der Waals surface area contributed by atoms with Crippen molar-refractivity contribution in [2.75, 3.05) is 5.32 Å². The second-order valence-corrected chi connectivity index (χ2v) is 5.07. The van der Waals surface area contributed by atoms with Crippen LogP contribution >= 0.6 is 0 Å². The van der Waals surface area contributed by atoms with Crippen molar-refractivity contribution in [2.45, 2.75) is 71.3 Å². The third-order valence-corrected chi connectivity index (χ3v) is 3.70. The monoisotopic (exact) mass is 248 g/mol. The molecule has 1 heterocycles. The highest BCUT2D eigenvalue weighted by molar-refractivity contribution is 5.27. The van der Waals surface area contributed by atoms with Gasteiger partial charge in [0.1, 0.15) is 0 Å². The Balaban J connectivity index is 2.03. The maximum absolute atomic E-state index is 4.60. The van der Waals surface area contributed by atoms with E-state index in [9.17, 15) is 0 Å². The Kier molecular flexibility index (Phi) is 4.90. The Hall–Kier alpha value is -1.19. The molecular formula is C14H24N4. The summed E-state index contributed by atoms with van der Waals surface area (Å²) in [4.78, 5) is 4.60. The van der Waals surface area contributed by atoms with Crippen LogP contribution in [0.4, 0.5) is 5.95 Å². The summed E-state index contributed by atoms with van der Waals surface area (Å²) in [5, 5.41) is 12.0. The number of aryl methyl sites for hydroxylation is 2. The molecule has 1 aromatic rings. The lowest BCUT2D eigenvalue weighted by atomic mass is 10.1. The zero-order chi connectivity index (χ0) is 12.8. The van der Waals surface area contributed by atoms with Gasteiger partial charge >= 0.3 is 0 Å². The fraction of sp³-hybridized carbons (Fsp3) is 0.786. The van der Waals surface area contributed by atoms with Crippen molar-refractivity contribution >= 4 is 5.95 Å². The average Bonchev–Trinajstić information content (AvgIpc) is 2.67. The molecule has 0 aliphatic heterocycles. The van der Waals surface area contributed by atoms with Gasteiger partial charge in [-0.05, 0) is 25.7 Å². The summed E-state index contributed by atoms with van der Waals surface area (Å²) in [5.41, 5.74) is 2.12. The van der Waals surface area contributed by atoms with E-state index in [-0.39, 0.29) is 0 Å². The molecule has 1 aromatic heterocycles. The number of hydrogen-bond donors (Lipinski definition) is 1. The van der Waals surface area contributed by atoms with Crippen LogP contribution in [-0.2, 0) is 12.8 Å². The molecule has 0 radical (unpaired) electrons. The summed E-state index contributed by atoms with van der Waals surface area (Å²) < 4.78 is 0. The third-order valence-electron chi connectivity index (χ3n) is 3.70. The van der Waals surface area contributed by atoms with Crippen LogP contribution < -0.4 is 5.32 Å². The Morgan fingerprint density at radius 2 is 1.61 bits per heavy atom. The fourth-order valence-corrected chi connectivity index (χ4v) is 2.61. The van der Waals surface area contributed by atoms with Gasteiger partial charge in [-0.1, -0.05) is 39.5 Å². The maximum Gasteiger partial charge on any atom is 0.243 e. The molecule has 0 aromatic carbocycles. The molecule has 0 atom stereocenters. The molecule has 0 bridgehead atoms. The first kappa shape index (κ1) is 13.2. The van der Waals surface area contributed by atoms with E-state index >= 15 is 0 Å². The zero-order valence-electron chi connectivity index (χ0n) is 11.6. The van der Waals surface area contributed by atoms with Gasteiger partial charge < -0.3 is 5.32 Å². The van der Waals surface area contributed by atoms with Gasteiger partial charge in [-0.25, -0.2) is 4.98 Å². The summed E-state index contributed by atoms with van der Waals surface area (Å²) >= 11 is 0. The first-order chi connectivity index (χ1) is 8.83. The van der Waals surface area contributed by atoms with Crippen LogP contribution in [0, 0.1) is 0 Å². The topological polar surface area (TPSA) is 50.7 Å². The van der Waals surface area contributed by atoms with E-state index in [1.165, 1.54) is 38.5 Å². The lowest BCUT2D eigenvalue weighted by molar-refractivity contribution is 0.611. The number of hydrogen-bond acceptors (Lipinski definition) is 4. The summed E-state index contributed by atoms with van der Waals surface area (Å²) in [7, 11) is 0. The van der Waals surface area contributed by atoms with E-state index in [4.69, 9.17) is 0 Å². The highest BCUT2D eigenvalue weighted by Gasteiger charge is 2.14. The summed E-state index contributed by atoms with van der Waals surface area (Å²) in [6.07, 6.45) is 9.68. The molecule has 1 aliphatic carbocycles. The van der Waals surface area contributed by atoms with Crippen molar-refractivity contribution in [1.29, 1.82) is 0 Å². The van der Waals surface area contributed by atoms with Crippen LogP contribution in [0.1, 0.15) is 63.8 Å². The van der Waals surface area contributed by atoms with Crippen molar-refractivity contribution in [2.24, 2.45) is 0 Å². The second-order valence-electron chi connectivity index (χ2n) is 5.07. The molecule has 4 heteroatoms. The van der Waals surface area contributed by atoms with Crippen molar-refractivity contribution in [3.05, 3.63) is 11.4 Å². The molecule has 0 unspecified atom stereocenters. The average molecular weight is 248 g/mol. The summed E-state index contributed by atoms with van der Waals surface area (Å²) in [5.74, 6) is 0.718. The standard InChI is InChI=1S/C14H24N4/c1-3-12-13(4-2)17-18-14(16-12)15-11-9-7-5-6-8-10-11/h11H,3-10H2,1-2H3,(H,15,16,18). The molecule has 1 fully saturated rings. The predicted octanol–water partition coefficient (Wildman–Crippen LogP) is 3.13.